The van der Waals surface area contributed by atoms with Gasteiger partial charge in [-0.15, -0.1) is 0 Å². The summed E-state index contributed by atoms with van der Waals surface area (Å²) < 4.78 is 34.3. The van der Waals surface area contributed by atoms with Gasteiger partial charge in [0.1, 0.15) is 11.3 Å². The number of benzene rings is 2. The predicted molar refractivity (Wildman–Crippen MR) is 95.4 cm³/mol. The minimum Gasteiger partial charge on any atom is -0.465 e. The zero-order valence-electron chi connectivity index (χ0n) is 12.7. The molecule has 0 radical (unpaired) electrons. The highest BCUT2D eigenvalue weighted by atomic mass is 79.9. The fourth-order valence-corrected chi connectivity index (χ4v) is 2.87. The van der Waals surface area contributed by atoms with Crippen LogP contribution in [0.15, 0.2) is 41.0 Å². The standard InChI is InChI=1S/C17H10BrClF2N2O2/c1-25-17(24)10-7-9-11(19)4-5-22-15(9)14(21)16(10)23-13-3-2-8(18)6-12(13)20/h2-7,23H,1H3. The second-order valence-corrected chi connectivity index (χ2v) is 6.37. The Morgan fingerprint density at radius 3 is 2.72 bits per heavy atom. The van der Waals surface area contributed by atoms with E-state index >= 15 is 0 Å². The molecule has 0 aliphatic heterocycles. The van der Waals surface area contributed by atoms with E-state index in [4.69, 9.17) is 16.3 Å². The van der Waals surface area contributed by atoms with Crippen LogP contribution in [0.3, 0.4) is 0 Å². The van der Waals surface area contributed by atoms with Crippen LogP contribution < -0.4 is 5.32 Å². The van der Waals surface area contributed by atoms with Crippen LogP contribution in [0.25, 0.3) is 10.9 Å². The van der Waals surface area contributed by atoms with Gasteiger partial charge in [-0.1, -0.05) is 27.5 Å². The van der Waals surface area contributed by atoms with Crippen LogP contribution in [-0.4, -0.2) is 18.1 Å². The molecule has 1 heterocycles. The Hall–Kier alpha value is -2.25. The number of hydrogen-bond acceptors (Lipinski definition) is 4. The third-order valence-electron chi connectivity index (χ3n) is 3.52. The number of fused-ring (bicyclic) bond motifs is 1. The first-order chi connectivity index (χ1) is 11.9. The highest BCUT2D eigenvalue weighted by Crippen LogP contribution is 2.34. The number of carbonyl (C=O) groups is 1. The maximum absolute atomic E-state index is 15.0. The Bertz CT molecular complexity index is 998. The molecule has 2 aromatic carbocycles. The quantitative estimate of drug-likeness (QED) is 0.564. The third kappa shape index (κ3) is 3.29. The maximum atomic E-state index is 15.0. The van der Waals surface area contributed by atoms with Crippen molar-refractivity contribution in [1.82, 2.24) is 4.98 Å². The number of rotatable bonds is 3. The lowest BCUT2D eigenvalue weighted by molar-refractivity contribution is 0.0601. The average Bonchev–Trinajstić information content (AvgIpc) is 2.59. The van der Waals surface area contributed by atoms with E-state index in [1.54, 1.807) is 6.07 Å². The predicted octanol–water partition coefficient (Wildman–Crippen LogP) is 5.46. The summed E-state index contributed by atoms with van der Waals surface area (Å²) in [5.41, 5.74) is -0.408. The first-order valence-corrected chi connectivity index (χ1v) is 8.16. The number of methoxy groups -OCH3 is 1. The van der Waals surface area contributed by atoms with E-state index in [0.29, 0.717) is 4.47 Å². The smallest absolute Gasteiger partial charge is 0.340 e. The molecule has 0 aliphatic carbocycles. The van der Waals surface area contributed by atoms with Crippen molar-refractivity contribution in [2.24, 2.45) is 0 Å². The topological polar surface area (TPSA) is 51.2 Å². The van der Waals surface area contributed by atoms with Crippen LogP contribution in [0.1, 0.15) is 10.4 Å². The summed E-state index contributed by atoms with van der Waals surface area (Å²) in [6.45, 7) is 0. The number of anilines is 2. The number of aromatic nitrogens is 1. The van der Waals surface area contributed by atoms with Crippen molar-refractivity contribution < 1.29 is 18.3 Å². The third-order valence-corrected chi connectivity index (χ3v) is 4.34. The summed E-state index contributed by atoms with van der Waals surface area (Å²) in [5, 5.41) is 3.09. The highest BCUT2D eigenvalue weighted by Gasteiger charge is 2.22. The molecule has 8 heteroatoms. The summed E-state index contributed by atoms with van der Waals surface area (Å²) in [7, 11) is 1.17. The molecule has 3 rings (SSSR count). The summed E-state index contributed by atoms with van der Waals surface area (Å²) in [6, 6.07) is 7.05. The average molecular weight is 428 g/mol. The van der Waals surface area contributed by atoms with Gasteiger partial charge in [-0.05, 0) is 30.3 Å². The van der Waals surface area contributed by atoms with Crippen molar-refractivity contribution in [2.75, 3.05) is 12.4 Å². The molecule has 0 aliphatic rings. The lowest BCUT2D eigenvalue weighted by Gasteiger charge is -2.15. The molecule has 0 fully saturated rings. The first-order valence-electron chi connectivity index (χ1n) is 6.99. The van der Waals surface area contributed by atoms with Crippen LogP contribution >= 0.6 is 27.5 Å². The van der Waals surface area contributed by atoms with E-state index in [2.05, 4.69) is 26.2 Å². The fraction of sp³-hybridized carbons (Fsp3) is 0.0588. The van der Waals surface area contributed by atoms with Gasteiger partial charge in [-0.25, -0.2) is 13.6 Å². The van der Waals surface area contributed by atoms with E-state index in [1.807, 2.05) is 0 Å². The molecule has 1 aromatic heterocycles. The van der Waals surface area contributed by atoms with Crippen molar-refractivity contribution in [2.45, 2.75) is 0 Å². The molecule has 0 bridgehead atoms. The SMILES string of the molecule is COC(=O)c1cc2c(Cl)ccnc2c(F)c1Nc1ccc(Br)cc1F. The van der Waals surface area contributed by atoms with Crippen molar-refractivity contribution in [3.8, 4) is 0 Å². The summed E-state index contributed by atoms with van der Waals surface area (Å²) >= 11 is 9.20. The van der Waals surface area contributed by atoms with Crippen molar-refractivity contribution in [1.29, 1.82) is 0 Å². The molecule has 25 heavy (non-hydrogen) atoms. The summed E-state index contributed by atoms with van der Waals surface area (Å²) in [6.07, 6.45) is 1.34. The molecule has 0 saturated heterocycles. The van der Waals surface area contributed by atoms with Crippen LogP contribution in [-0.2, 0) is 4.74 Å². The lowest BCUT2D eigenvalue weighted by Crippen LogP contribution is -2.09. The zero-order valence-corrected chi connectivity index (χ0v) is 15.1. The largest absolute Gasteiger partial charge is 0.465 e. The molecule has 3 aromatic rings. The van der Waals surface area contributed by atoms with Crippen LogP contribution in [0.2, 0.25) is 5.02 Å². The van der Waals surface area contributed by atoms with E-state index in [-0.39, 0.29) is 32.9 Å². The fourth-order valence-electron chi connectivity index (χ4n) is 2.33. The Morgan fingerprint density at radius 1 is 1.28 bits per heavy atom. The van der Waals surface area contributed by atoms with Gasteiger partial charge in [0.05, 0.1) is 29.1 Å². The number of pyridine rings is 1. The maximum Gasteiger partial charge on any atom is 0.340 e. The number of nitrogens with one attached hydrogen (secondary N) is 1. The first kappa shape index (κ1) is 17.6. The molecule has 0 atom stereocenters. The van der Waals surface area contributed by atoms with Crippen molar-refractivity contribution in [3.05, 3.63) is 63.2 Å². The van der Waals surface area contributed by atoms with Gasteiger partial charge in [0, 0.05) is 16.1 Å². The summed E-state index contributed by atoms with van der Waals surface area (Å²) in [4.78, 5) is 16.0. The Morgan fingerprint density at radius 2 is 2.04 bits per heavy atom. The Balaban J connectivity index is 2.24. The molecule has 0 amide bonds. The Labute approximate surface area is 154 Å². The van der Waals surface area contributed by atoms with Crippen LogP contribution in [0, 0.1) is 11.6 Å². The van der Waals surface area contributed by atoms with E-state index in [9.17, 15) is 13.6 Å². The van der Waals surface area contributed by atoms with Gasteiger partial charge < -0.3 is 10.1 Å². The molecule has 0 unspecified atom stereocenters. The number of ether oxygens (including phenoxy) is 1. The number of nitrogens with zero attached hydrogens (tertiary/aromatic N) is 1. The molecule has 1 N–H and O–H groups in total. The minimum atomic E-state index is -0.831. The molecule has 128 valence electrons. The molecule has 0 saturated carbocycles. The van der Waals surface area contributed by atoms with Gasteiger partial charge in [0.25, 0.3) is 0 Å². The number of esters is 1. The Kier molecular flexibility index (Phi) is 4.87. The zero-order chi connectivity index (χ0) is 18.1. The van der Waals surface area contributed by atoms with Crippen LogP contribution in [0.5, 0.6) is 0 Å². The monoisotopic (exact) mass is 426 g/mol. The van der Waals surface area contributed by atoms with Gasteiger partial charge in [-0.3, -0.25) is 4.98 Å². The van der Waals surface area contributed by atoms with E-state index in [0.717, 1.165) is 0 Å². The van der Waals surface area contributed by atoms with Gasteiger partial charge >= 0.3 is 5.97 Å². The van der Waals surface area contributed by atoms with Gasteiger partial charge in [0.15, 0.2) is 5.82 Å². The lowest BCUT2D eigenvalue weighted by atomic mass is 10.1. The van der Waals surface area contributed by atoms with Crippen LogP contribution in [0.4, 0.5) is 20.2 Å². The number of halogens is 4. The number of hydrogen-bond donors (Lipinski definition) is 1. The normalized spacial score (nSPS) is 10.8. The van der Waals surface area contributed by atoms with Crippen molar-refractivity contribution in [3.63, 3.8) is 0 Å². The van der Waals surface area contributed by atoms with E-state index < -0.39 is 17.6 Å². The second kappa shape index (κ2) is 6.93. The molecule has 0 spiro atoms. The number of carbonyl (C=O) groups excluding carboxylic acids is 1. The van der Waals surface area contributed by atoms with E-state index in [1.165, 1.54) is 37.6 Å². The highest BCUT2D eigenvalue weighted by molar-refractivity contribution is 9.10. The van der Waals surface area contributed by atoms with Crippen molar-refractivity contribution >= 4 is 55.8 Å². The summed E-state index contributed by atoms with van der Waals surface area (Å²) in [5.74, 6) is -2.24. The van der Waals surface area contributed by atoms with Gasteiger partial charge in [-0.2, -0.15) is 0 Å². The second-order valence-electron chi connectivity index (χ2n) is 5.04. The molecular formula is C17H10BrClF2N2O2. The molecular weight excluding hydrogens is 418 g/mol. The van der Waals surface area contributed by atoms with Gasteiger partial charge in [0.2, 0.25) is 0 Å². The minimum absolute atomic E-state index is 0.00590. The molecule has 4 nitrogen and oxygen atoms in total.